The summed E-state index contributed by atoms with van der Waals surface area (Å²) in [6.07, 6.45) is 2.13. The number of carbonyl (C=O) groups excluding carboxylic acids is 2. The second-order valence-corrected chi connectivity index (χ2v) is 9.60. The number of benzene rings is 1. The summed E-state index contributed by atoms with van der Waals surface area (Å²) in [5.41, 5.74) is 4.25. The van der Waals surface area contributed by atoms with Crippen molar-refractivity contribution >= 4 is 28.8 Å². The molecule has 7 heteroatoms. The highest BCUT2D eigenvalue weighted by Gasteiger charge is 2.41. The van der Waals surface area contributed by atoms with Crippen LogP contribution >= 0.6 is 11.8 Å². The molecule has 2 heterocycles. The summed E-state index contributed by atoms with van der Waals surface area (Å²) in [6.45, 7) is 11.8. The van der Waals surface area contributed by atoms with Crippen LogP contribution in [-0.4, -0.2) is 47.0 Å². The molecule has 178 valence electrons. The molecule has 0 aromatic heterocycles. The third-order valence-corrected chi connectivity index (χ3v) is 6.89. The minimum absolute atomic E-state index is 0.103. The molecule has 2 aliphatic heterocycles. The molecule has 6 nitrogen and oxygen atoms in total. The van der Waals surface area contributed by atoms with E-state index >= 15 is 0 Å². The van der Waals surface area contributed by atoms with Crippen LogP contribution in [0.2, 0.25) is 0 Å². The maximum absolute atomic E-state index is 13.2. The third kappa shape index (κ3) is 5.35. The normalized spacial score (nSPS) is 17.7. The van der Waals surface area contributed by atoms with E-state index in [2.05, 4.69) is 52.0 Å². The second-order valence-electron chi connectivity index (χ2n) is 8.76. The molecule has 0 unspecified atom stereocenters. The van der Waals surface area contributed by atoms with Gasteiger partial charge in [-0.05, 0) is 42.2 Å². The average Bonchev–Trinajstić information content (AvgIpc) is 3.19. The summed E-state index contributed by atoms with van der Waals surface area (Å²) in [4.78, 5) is 34.7. The quantitative estimate of drug-likeness (QED) is 0.441. The lowest BCUT2D eigenvalue weighted by atomic mass is 9.92. The SMILES string of the molecule is CCCN(CCC)C(=O)CC1=CSC2=NC(C)=C(C(=O)OC)[C@H](c3ccc(C(C)C)cc3)N12. The Hall–Kier alpha value is -2.54. The van der Waals surface area contributed by atoms with Crippen LogP contribution < -0.4 is 0 Å². The van der Waals surface area contributed by atoms with Gasteiger partial charge in [0.05, 0.1) is 30.8 Å². The van der Waals surface area contributed by atoms with E-state index in [1.165, 1.54) is 24.4 Å². The highest BCUT2D eigenvalue weighted by Crippen LogP contribution is 2.45. The highest BCUT2D eigenvalue weighted by molar-refractivity contribution is 8.16. The summed E-state index contributed by atoms with van der Waals surface area (Å²) >= 11 is 1.50. The second kappa shape index (κ2) is 11.1. The standard InChI is InChI=1S/C26H35N3O3S/c1-7-13-28(14-8-2)22(30)15-21-16-33-26-27-18(5)23(25(31)32-6)24(29(21)26)20-11-9-19(10-12-20)17(3)4/h9-12,16-17,24H,7-8,13-15H2,1-6H3/t24-/m0/s1. The van der Waals surface area contributed by atoms with Gasteiger partial charge in [-0.3, -0.25) is 4.79 Å². The van der Waals surface area contributed by atoms with Gasteiger partial charge in [-0.15, -0.1) is 0 Å². The van der Waals surface area contributed by atoms with Gasteiger partial charge in [-0.25, -0.2) is 9.79 Å². The number of methoxy groups -OCH3 is 1. The summed E-state index contributed by atoms with van der Waals surface area (Å²) in [5.74, 6) is 0.124. The number of carbonyl (C=O) groups is 2. The maximum Gasteiger partial charge on any atom is 0.338 e. The number of aliphatic imine (C=N–C) groups is 1. The number of hydrogen-bond donors (Lipinski definition) is 0. The van der Waals surface area contributed by atoms with Crippen LogP contribution in [0.3, 0.4) is 0 Å². The van der Waals surface area contributed by atoms with Crippen LogP contribution in [0.4, 0.5) is 0 Å². The van der Waals surface area contributed by atoms with E-state index in [-0.39, 0.29) is 18.4 Å². The largest absolute Gasteiger partial charge is 0.466 e. The minimum Gasteiger partial charge on any atom is -0.466 e. The van der Waals surface area contributed by atoms with Gasteiger partial charge < -0.3 is 14.5 Å². The van der Waals surface area contributed by atoms with Crippen molar-refractivity contribution in [3.8, 4) is 0 Å². The van der Waals surface area contributed by atoms with Crippen molar-refractivity contribution in [1.82, 2.24) is 9.80 Å². The molecule has 0 saturated carbocycles. The molecule has 0 fully saturated rings. The van der Waals surface area contributed by atoms with Gasteiger partial charge in [0.2, 0.25) is 5.91 Å². The molecule has 1 aromatic rings. The number of hydrogen-bond acceptors (Lipinski definition) is 6. The van der Waals surface area contributed by atoms with Crippen molar-refractivity contribution in [2.45, 2.75) is 65.8 Å². The molecular weight excluding hydrogens is 434 g/mol. The van der Waals surface area contributed by atoms with Crippen molar-refractivity contribution in [2.75, 3.05) is 20.2 Å². The molecule has 0 spiro atoms. The lowest BCUT2D eigenvalue weighted by Gasteiger charge is -2.36. The number of fused-ring (bicyclic) bond motifs is 1. The molecule has 0 radical (unpaired) electrons. The Bertz CT molecular complexity index is 973. The first-order valence-corrected chi connectivity index (χ1v) is 12.6. The molecule has 33 heavy (non-hydrogen) atoms. The molecule has 1 amide bonds. The van der Waals surface area contributed by atoms with Crippen LogP contribution in [-0.2, 0) is 14.3 Å². The molecule has 0 N–H and O–H groups in total. The predicted molar refractivity (Wildman–Crippen MR) is 135 cm³/mol. The Kier molecular flexibility index (Phi) is 8.40. The monoisotopic (exact) mass is 469 g/mol. The van der Waals surface area contributed by atoms with Gasteiger partial charge in [-0.1, -0.05) is 63.7 Å². The van der Waals surface area contributed by atoms with Gasteiger partial charge in [0.1, 0.15) is 0 Å². The lowest BCUT2D eigenvalue weighted by Crippen LogP contribution is -2.39. The summed E-state index contributed by atoms with van der Waals surface area (Å²) in [7, 11) is 1.40. The van der Waals surface area contributed by atoms with Crippen molar-refractivity contribution in [2.24, 2.45) is 4.99 Å². The van der Waals surface area contributed by atoms with E-state index in [4.69, 9.17) is 9.73 Å². The van der Waals surface area contributed by atoms with Crippen LogP contribution in [0.25, 0.3) is 0 Å². The van der Waals surface area contributed by atoms with Crippen LogP contribution in [0.15, 0.2) is 51.6 Å². The van der Waals surface area contributed by atoms with Gasteiger partial charge in [0.15, 0.2) is 5.17 Å². The summed E-state index contributed by atoms with van der Waals surface area (Å²) < 4.78 is 5.15. The minimum atomic E-state index is -0.394. The van der Waals surface area contributed by atoms with Gasteiger partial charge in [0.25, 0.3) is 0 Å². The molecular formula is C26H35N3O3S. The molecule has 1 atom stereocenters. The Balaban J connectivity index is 1.99. The van der Waals surface area contributed by atoms with E-state index in [0.29, 0.717) is 17.2 Å². The van der Waals surface area contributed by atoms with Crippen molar-refractivity contribution in [1.29, 1.82) is 0 Å². The predicted octanol–water partition coefficient (Wildman–Crippen LogP) is 5.60. The zero-order chi connectivity index (χ0) is 24.1. The van der Waals surface area contributed by atoms with Crippen molar-refractivity contribution < 1.29 is 14.3 Å². The number of esters is 1. The molecule has 0 aliphatic carbocycles. The molecule has 2 aliphatic rings. The zero-order valence-corrected chi connectivity index (χ0v) is 21.4. The third-order valence-electron chi connectivity index (χ3n) is 6.00. The topological polar surface area (TPSA) is 62.2 Å². The summed E-state index contributed by atoms with van der Waals surface area (Å²) in [5, 5.41) is 2.79. The van der Waals surface area contributed by atoms with E-state index in [1.807, 2.05) is 22.1 Å². The number of nitrogens with zero attached hydrogens (tertiary/aromatic N) is 3. The fourth-order valence-electron chi connectivity index (χ4n) is 4.29. The molecule has 1 aromatic carbocycles. The van der Waals surface area contributed by atoms with Crippen LogP contribution in [0, 0.1) is 0 Å². The number of allylic oxidation sites excluding steroid dienone is 1. The van der Waals surface area contributed by atoms with E-state index in [9.17, 15) is 9.59 Å². The number of amides is 1. The van der Waals surface area contributed by atoms with E-state index in [0.717, 1.165) is 42.4 Å². The maximum atomic E-state index is 13.2. The van der Waals surface area contributed by atoms with Crippen LogP contribution in [0.1, 0.15) is 77.0 Å². The number of amidine groups is 1. The van der Waals surface area contributed by atoms with E-state index < -0.39 is 5.97 Å². The highest BCUT2D eigenvalue weighted by atomic mass is 32.2. The fourth-order valence-corrected chi connectivity index (χ4v) is 5.25. The molecule has 0 saturated heterocycles. The first-order chi connectivity index (χ1) is 15.8. The smallest absolute Gasteiger partial charge is 0.338 e. The number of rotatable bonds is 9. The Morgan fingerprint density at radius 1 is 1.15 bits per heavy atom. The van der Waals surface area contributed by atoms with Crippen LogP contribution in [0.5, 0.6) is 0 Å². The Morgan fingerprint density at radius 3 is 2.33 bits per heavy atom. The van der Waals surface area contributed by atoms with Gasteiger partial charge in [0, 0.05) is 18.8 Å². The Labute approximate surface area is 201 Å². The molecule has 0 bridgehead atoms. The zero-order valence-electron chi connectivity index (χ0n) is 20.6. The Morgan fingerprint density at radius 2 is 1.79 bits per heavy atom. The lowest BCUT2D eigenvalue weighted by molar-refractivity contribution is -0.136. The molecule has 3 rings (SSSR count). The van der Waals surface area contributed by atoms with Crippen molar-refractivity contribution in [3.05, 3.63) is 57.8 Å². The van der Waals surface area contributed by atoms with Crippen molar-refractivity contribution in [3.63, 3.8) is 0 Å². The first-order valence-electron chi connectivity index (χ1n) is 11.7. The van der Waals surface area contributed by atoms with Gasteiger partial charge >= 0.3 is 5.97 Å². The average molecular weight is 470 g/mol. The fraction of sp³-hybridized carbons (Fsp3) is 0.500. The van der Waals surface area contributed by atoms with E-state index in [1.54, 1.807) is 0 Å². The first kappa shape index (κ1) is 25.1. The number of thioether (sulfide) groups is 1. The number of ether oxygens (including phenoxy) is 1. The van der Waals surface area contributed by atoms with Gasteiger partial charge in [-0.2, -0.15) is 0 Å². The summed E-state index contributed by atoms with van der Waals surface area (Å²) in [6, 6.07) is 7.98.